The van der Waals surface area contributed by atoms with Crippen LogP contribution >= 0.6 is 0 Å². The molecule has 1 N–H and O–H groups in total. The second-order valence-electron chi connectivity index (χ2n) is 4.21. The second kappa shape index (κ2) is 4.27. The quantitative estimate of drug-likeness (QED) is 0.601. The minimum absolute atomic E-state index is 0.576. The number of fused-ring (bicyclic) bond motifs is 1. The SMILES string of the molecule is c1coc(-c2nc3[nH]cnc3nc2-c2ccncc2)c1. The van der Waals surface area contributed by atoms with E-state index in [0.29, 0.717) is 22.7 Å². The van der Waals surface area contributed by atoms with Crippen LogP contribution in [0.1, 0.15) is 0 Å². The van der Waals surface area contributed by atoms with E-state index in [1.807, 2.05) is 24.3 Å². The fourth-order valence-electron chi connectivity index (χ4n) is 2.06. The predicted octanol–water partition coefficient (Wildman–Crippen LogP) is 2.67. The number of H-pyrrole nitrogens is 1. The van der Waals surface area contributed by atoms with E-state index in [4.69, 9.17) is 4.42 Å². The molecule has 0 atom stereocenters. The van der Waals surface area contributed by atoms with E-state index in [9.17, 15) is 0 Å². The van der Waals surface area contributed by atoms with Crippen LogP contribution in [0.15, 0.2) is 53.7 Å². The molecular weight excluding hydrogens is 254 g/mol. The number of furan rings is 1. The normalized spacial score (nSPS) is 11.0. The Morgan fingerprint density at radius 2 is 1.90 bits per heavy atom. The van der Waals surface area contributed by atoms with Gasteiger partial charge in [0.05, 0.1) is 12.6 Å². The van der Waals surface area contributed by atoms with Gasteiger partial charge in [-0.05, 0) is 24.3 Å². The summed E-state index contributed by atoms with van der Waals surface area (Å²) in [6.07, 6.45) is 6.63. The van der Waals surface area contributed by atoms with Crippen LogP contribution in [0.4, 0.5) is 0 Å². The van der Waals surface area contributed by atoms with E-state index < -0.39 is 0 Å². The van der Waals surface area contributed by atoms with Gasteiger partial charge >= 0.3 is 0 Å². The van der Waals surface area contributed by atoms with E-state index in [0.717, 1.165) is 11.3 Å². The number of hydrogen-bond acceptors (Lipinski definition) is 5. The highest BCUT2D eigenvalue weighted by atomic mass is 16.3. The van der Waals surface area contributed by atoms with Crippen LogP contribution in [0.3, 0.4) is 0 Å². The standard InChI is InChI=1S/C14H9N5O/c1-2-10(20-7-1)12-11(9-3-5-15-6-4-9)18-13-14(19-12)17-8-16-13/h1-8H,(H,16,17,18,19). The monoisotopic (exact) mass is 263 g/mol. The van der Waals surface area contributed by atoms with Crippen molar-refractivity contribution in [3.8, 4) is 22.7 Å². The van der Waals surface area contributed by atoms with Crippen LogP contribution in [0.5, 0.6) is 0 Å². The highest BCUT2D eigenvalue weighted by Crippen LogP contribution is 2.29. The van der Waals surface area contributed by atoms with Crippen molar-refractivity contribution in [3.63, 3.8) is 0 Å². The van der Waals surface area contributed by atoms with Gasteiger partial charge in [-0.1, -0.05) is 0 Å². The molecule has 0 aliphatic heterocycles. The summed E-state index contributed by atoms with van der Waals surface area (Å²) in [5, 5.41) is 0. The molecular formula is C14H9N5O. The molecule has 0 saturated carbocycles. The van der Waals surface area contributed by atoms with E-state index in [1.54, 1.807) is 25.0 Å². The molecule has 0 radical (unpaired) electrons. The molecule has 0 amide bonds. The molecule has 0 bridgehead atoms. The first kappa shape index (κ1) is 10.9. The lowest BCUT2D eigenvalue weighted by molar-refractivity contribution is 0.580. The molecule has 4 heterocycles. The van der Waals surface area contributed by atoms with Gasteiger partial charge in [0.25, 0.3) is 0 Å². The van der Waals surface area contributed by atoms with Crippen molar-refractivity contribution in [1.82, 2.24) is 24.9 Å². The third kappa shape index (κ3) is 1.66. The molecule has 0 unspecified atom stereocenters. The predicted molar refractivity (Wildman–Crippen MR) is 72.6 cm³/mol. The molecule has 4 rings (SSSR count). The highest BCUT2D eigenvalue weighted by molar-refractivity contribution is 5.81. The molecule has 6 heteroatoms. The minimum atomic E-state index is 0.576. The number of aromatic nitrogens is 5. The summed E-state index contributed by atoms with van der Waals surface area (Å²) in [5.41, 5.74) is 3.53. The zero-order chi connectivity index (χ0) is 13.4. The van der Waals surface area contributed by atoms with E-state index in [2.05, 4.69) is 24.9 Å². The minimum Gasteiger partial charge on any atom is -0.463 e. The number of imidazole rings is 1. The van der Waals surface area contributed by atoms with Gasteiger partial charge < -0.3 is 9.40 Å². The van der Waals surface area contributed by atoms with Gasteiger partial charge in [-0.3, -0.25) is 4.98 Å². The molecule has 20 heavy (non-hydrogen) atoms. The van der Waals surface area contributed by atoms with Crippen molar-refractivity contribution in [2.75, 3.05) is 0 Å². The molecule has 0 aromatic carbocycles. The lowest BCUT2D eigenvalue weighted by Gasteiger charge is -2.05. The van der Waals surface area contributed by atoms with Crippen molar-refractivity contribution >= 4 is 11.3 Å². The zero-order valence-electron chi connectivity index (χ0n) is 10.3. The number of pyridine rings is 1. The molecule has 6 nitrogen and oxygen atoms in total. The van der Waals surface area contributed by atoms with Crippen molar-refractivity contribution in [2.24, 2.45) is 0 Å². The average Bonchev–Trinajstić information content (AvgIpc) is 3.17. The molecule has 4 aromatic heterocycles. The Morgan fingerprint density at radius 1 is 1.00 bits per heavy atom. The molecule has 0 fully saturated rings. The lowest BCUT2D eigenvalue weighted by atomic mass is 10.1. The highest BCUT2D eigenvalue weighted by Gasteiger charge is 2.15. The average molecular weight is 263 g/mol. The Labute approximate surface area is 113 Å². The Morgan fingerprint density at radius 3 is 2.70 bits per heavy atom. The topological polar surface area (TPSA) is 80.5 Å². The van der Waals surface area contributed by atoms with Gasteiger partial charge in [0, 0.05) is 18.0 Å². The summed E-state index contributed by atoms with van der Waals surface area (Å²) < 4.78 is 5.45. The number of nitrogens with zero attached hydrogens (tertiary/aromatic N) is 4. The second-order valence-corrected chi connectivity index (χ2v) is 4.21. The largest absolute Gasteiger partial charge is 0.463 e. The Hall–Kier alpha value is -3.02. The first-order valence-electron chi connectivity index (χ1n) is 6.07. The van der Waals surface area contributed by atoms with E-state index >= 15 is 0 Å². The summed E-state index contributed by atoms with van der Waals surface area (Å²) in [7, 11) is 0. The van der Waals surface area contributed by atoms with Crippen molar-refractivity contribution in [2.45, 2.75) is 0 Å². The van der Waals surface area contributed by atoms with Gasteiger partial charge in [-0.15, -0.1) is 0 Å². The number of hydrogen-bond donors (Lipinski definition) is 1. The van der Waals surface area contributed by atoms with Crippen LogP contribution in [-0.2, 0) is 0 Å². The number of nitrogens with one attached hydrogen (secondary N) is 1. The zero-order valence-corrected chi connectivity index (χ0v) is 10.3. The fraction of sp³-hybridized carbons (Fsp3) is 0. The maximum absolute atomic E-state index is 5.45. The van der Waals surface area contributed by atoms with Crippen molar-refractivity contribution in [3.05, 3.63) is 49.2 Å². The molecule has 0 spiro atoms. The molecule has 0 aliphatic carbocycles. The Kier molecular flexibility index (Phi) is 2.32. The van der Waals surface area contributed by atoms with Crippen LogP contribution in [0.25, 0.3) is 34.0 Å². The van der Waals surface area contributed by atoms with E-state index in [-0.39, 0.29) is 0 Å². The van der Waals surface area contributed by atoms with Crippen molar-refractivity contribution in [1.29, 1.82) is 0 Å². The van der Waals surface area contributed by atoms with Crippen molar-refractivity contribution < 1.29 is 4.42 Å². The van der Waals surface area contributed by atoms with Gasteiger partial charge in [0.2, 0.25) is 0 Å². The Bertz CT molecular complexity index is 852. The third-order valence-electron chi connectivity index (χ3n) is 2.97. The summed E-state index contributed by atoms with van der Waals surface area (Å²) in [6, 6.07) is 7.45. The van der Waals surface area contributed by atoms with Gasteiger partial charge in [-0.2, -0.15) is 0 Å². The number of rotatable bonds is 2. The summed E-state index contributed by atoms with van der Waals surface area (Å²) >= 11 is 0. The third-order valence-corrected chi connectivity index (χ3v) is 2.97. The van der Waals surface area contributed by atoms with Gasteiger partial charge in [0.1, 0.15) is 11.4 Å². The van der Waals surface area contributed by atoms with E-state index in [1.165, 1.54) is 0 Å². The molecule has 0 saturated heterocycles. The first-order valence-corrected chi connectivity index (χ1v) is 6.07. The maximum atomic E-state index is 5.45. The van der Waals surface area contributed by atoms with Crippen LogP contribution in [0.2, 0.25) is 0 Å². The van der Waals surface area contributed by atoms with Crippen LogP contribution in [-0.4, -0.2) is 24.9 Å². The lowest BCUT2D eigenvalue weighted by Crippen LogP contribution is -1.94. The summed E-state index contributed by atoms with van der Waals surface area (Å²) in [5.74, 6) is 0.667. The maximum Gasteiger partial charge on any atom is 0.197 e. The van der Waals surface area contributed by atoms with Crippen LogP contribution < -0.4 is 0 Å². The Balaban J connectivity index is 2.04. The molecule has 4 aromatic rings. The fourth-order valence-corrected chi connectivity index (χ4v) is 2.06. The van der Waals surface area contributed by atoms with Crippen LogP contribution in [0, 0.1) is 0 Å². The first-order chi connectivity index (χ1) is 9.92. The smallest absolute Gasteiger partial charge is 0.197 e. The van der Waals surface area contributed by atoms with Gasteiger partial charge in [-0.25, -0.2) is 15.0 Å². The summed E-state index contributed by atoms with van der Waals surface area (Å²) in [6.45, 7) is 0. The molecule has 0 aliphatic rings. The number of aromatic amines is 1. The van der Waals surface area contributed by atoms with Gasteiger partial charge in [0.15, 0.2) is 17.1 Å². The summed E-state index contributed by atoms with van der Waals surface area (Å²) in [4.78, 5) is 20.3. The molecule has 96 valence electrons.